The minimum Gasteiger partial charge on any atom is -0.357 e. The van der Waals surface area contributed by atoms with Gasteiger partial charge in [0.1, 0.15) is 0 Å². The molecule has 7 heteroatoms. The molecule has 1 fully saturated rings. The van der Waals surface area contributed by atoms with E-state index in [-0.39, 0.29) is 17.5 Å². The number of rotatable bonds is 7. The van der Waals surface area contributed by atoms with Gasteiger partial charge in [-0.15, -0.1) is 0 Å². The number of hydrogen-bond acceptors (Lipinski definition) is 4. The molecule has 1 rings (SSSR count). The molecule has 0 unspecified atom stereocenters. The third kappa shape index (κ3) is 9.65. The van der Waals surface area contributed by atoms with Crippen LogP contribution in [0.25, 0.3) is 0 Å². The van der Waals surface area contributed by atoms with Gasteiger partial charge in [-0.1, -0.05) is 0 Å². The molecule has 0 aliphatic carbocycles. The van der Waals surface area contributed by atoms with Crippen LogP contribution in [0, 0.1) is 0 Å². The Balaban J connectivity index is 2.43. The van der Waals surface area contributed by atoms with Crippen molar-refractivity contribution in [1.29, 1.82) is 0 Å². The lowest BCUT2D eigenvalue weighted by atomic mass is 10.1. The van der Waals surface area contributed by atoms with Crippen molar-refractivity contribution in [3.05, 3.63) is 0 Å². The minimum absolute atomic E-state index is 0.109. The number of guanidine groups is 1. The zero-order valence-electron chi connectivity index (χ0n) is 17.0. The molecule has 25 heavy (non-hydrogen) atoms. The lowest BCUT2D eigenvalue weighted by Crippen LogP contribution is -2.54. The predicted molar refractivity (Wildman–Crippen MR) is 105 cm³/mol. The molecule has 0 aromatic rings. The van der Waals surface area contributed by atoms with Crippen LogP contribution in [0.5, 0.6) is 0 Å². The molecule has 0 atom stereocenters. The second-order valence-electron chi connectivity index (χ2n) is 7.90. The normalized spacial score (nSPS) is 17.1. The maximum atomic E-state index is 11.9. The molecule has 0 spiro atoms. The summed E-state index contributed by atoms with van der Waals surface area (Å²) in [4.78, 5) is 21.1. The molecule has 0 aromatic heterocycles. The van der Waals surface area contributed by atoms with Crippen LogP contribution in [-0.2, 0) is 4.79 Å². The van der Waals surface area contributed by atoms with Crippen molar-refractivity contribution in [2.45, 2.75) is 53.1 Å². The van der Waals surface area contributed by atoms with Crippen LogP contribution in [0.15, 0.2) is 4.99 Å². The molecule has 0 aromatic carbocycles. The van der Waals surface area contributed by atoms with E-state index in [9.17, 15) is 4.79 Å². The minimum atomic E-state index is 0.109. The van der Waals surface area contributed by atoms with Gasteiger partial charge in [0.15, 0.2) is 5.96 Å². The smallest absolute Gasteiger partial charge is 0.234 e. The average Bonchev–Trinajstić information content (AvgIpc) is 2.49. The number of nitrogens with zero attached hydrogens (tertiary/aromatic N) is 3. The molecular formula is C18H38N6O. The maximum absolute atomic E-state index is 11.9. The van der Waals surface area contributed by atoms with Crippen molar-refractivity contribution in [1.82, 2.24) is 25.8 Å². The second-order valence-corrected chi connectivity index (χ2v) is 7.90. The second kappa shape index (κ2) is 10.6. The fourth-order valence-electron chi connectivity index (χ4n) is 2.71. The van der Waals surface area contributed by atoms with E-state index in [1.54, 1.807) is 0 Å². The monoisotopic (exact) mass is 354 g/mol. The molecule has 1 aliphatic heterocycles. The van der Waals surface area contributed by atoms with Crippen molar-refractivity contribution in [3.8, 4) is 0 Å². The first-order chi connectivity index (χ1) is 11.7. The summed E-state index contributed by atoms with van der Waals surface area (Å²) >= 11 is 0. The van der Waals surface area contributed by atoms with E-state index in [0.29, 0.717) is 6.54 Å². The summed E-state index contributed by atoms with van der Waals surface area (Å²) in [5, 5.41) is 9.80. The highest BCUT2D eigenvalue weighted by Gasteiger charge is 2.21. The van der Waals surface area contributed by atoms with Crippen LogP contribution in [-0.4, -0.2) is 85.6 Å². The lowest BCUT2D eigenvalue weighted by molar-refractivity contribution is -0.123. The van der Waals surface area contributed by atoms with Gasteiger partial charge >= 0.3 is 0 Å². The summed E-state index contributed by atoms with van der Waals surface area (Å²) < 4.78 is 0. The number of hydrogen-bond donors (Lipinski definition) is 3. The van der Waals surface area contributed by atoms with Crippen LogP contribution >= 0.6 is 0 Å². The van der Waals surface area contributed by atoms with Gasteiger partial charge in [0.2, 0.25) is 5.91 Å². The summed E-state index contributed by atoms with van der Waals surface area (Å²) in [6.45, 7) is 19.1. The molecule has 0 saturated carbocycles. The highest BCUT2D eigenvalue weighted by molar-refractivity contribution is 5.80. The van der Waals surface area contributed by atoms with Gasteiger partial charge in [-0.2, -0.15) is 0 Å². The summed E-state index contributed by atoms with van der Waals surface area (Å²) in [5.74, 6) is 1.08. The first kappa shape index (κ1) is 21.7. The third-order valence-corrected chi connectivity index (χ3v) is 3.85. The van der Waals surface area contributed by atoms with E-state index in [1.807, 2.05) is 13.8 Å². The van der Waals surface area contributed by atoms with Crippen LogP contribution in [0.2, 0.25) is 0 Å². The standard InChI is InChI=1S/C18H38N6O/c1-7-19-17(20-8-9-21-18(4,5)6)24-12-10-23(11-13-24)14-16(25)22-15(2)3/h15,21H,7-14H2,1-6H3,(H,19,20)(H,22,25). The van der Waals surface area contributed by atoms with Crippen LogP contribution in [0.4, 0.5) is 0 Å². The van der Waals surface area contributed by atoms with Crippen LogP contribution in [0.3, 0.4) is 0 Å². The van der Waals surface area contributed by atoms with Gasteiger partial charge in [0.05, 0.1) is 13.1 Å². The van der Waals surface area contributed by atoms with E-state index in [2.05, 4.69) is 53.4 Å². The van der Waals surface area contributed by atoms with Crippen molar-refractivity contribution < 1.29 is 4.79 Å². The molecule has 1 heterocycles. The lowest BCUT2D eigenvalue weighted by Gasteiger charge is -2.36. The molecule has 7 nitrogen and oxygen atoms in total. The number of carbonyl (C=O) groups excluding carboxylic acids is 1. The Morgan fingerprint density at radius 2 is 1.80 bits per heavy atom. The summed E-state index contributed by atoms with van der Waals surface area (Å²) in [6, 6.07) is 0.197. The average molecular weight is 355 g/mol. The maximum Gasteiger partial charge on any atom is 0.234 e. The molecule has 1 aliphatic rings. The Hall–Kier alpha value is -1.34. The third-order valence-electron chi connectivity index (χ3n) is 3.85. The van der Waals surface area contributed by atoms with Gasteiger partial charge in [-0.05, 0) is 41.5 Å². The van der Waals surface area contributed by atoms with Crippen molar-refractivity contribution >= 4 is 11.9 Å². The topological polar surface area (TPSA) is 72.0 Å². The SMILES string of the molecule is CCNC(=NCCNC(C)(C)C)N1CCN(CC(=O)NC(C)C)CC1. The number of aliphatic imine (C=N–C) groups is 1. The van der Waals surface area contributed by atoms with Gasteiger partial charge in [0.25, 0.3) is 0 Å². The molecule has 0 bridgehead atoms. The van der Waals surface area contributed by atoms with Crippen molar-refractivity contribution in [2.75, 3.05) is 52.4 Å². The zero-order chi connectivity index (χ0) is 18.9. The highest BCUT2D eigenvalue weighted by Crippen LogP contribution is 2.03. The molecule has 146 valence electrons. The van der Waals surface area contributed by atoms with Crippen LogP contribution < -0.4 is 16.0 Å². The summed E-state index contributed by atoms with van der Waals surface area (Å²) in [6.07, 6.45) is 0. The Morgan fingerprint density at radius 1 is 1.16 bits per heavy atom. The largest absolute Gasteiger partial charge is 0.357 e. The van der Waals surface area contributed by atoms with E-state index in [4.69, 9.17) is 4.99 Å². The quantitative estimate of drug-likeness (QED) is 0.352. The Morgan fingerprint density at radius 3 is 2.32 bits per heavy atom. The van der Waals surface area contributed by atoms with Crippen molar-refractivity contribution in [3.63, 3.8) is 0 Å². The first-order valence-corrected chi connectivity index (χ1v) is 9.51. The zero-order valence-corrected chi connectivity index (χ0v) is 17.0. The van der Waals surface area contributed by atoms with Gasteiger partial charge in [0, 0.05) is 50.8 Å². The number of carbonyl (C=O) groups is 1. The highest BCUT2D eigenvalue weighted by atomic mass is 16.2. The first-order valence-electron chi connectivity index (χ1n) is 9.51. The van der Waals surface area contributed by atoms with Gasteiger partial charge in [-0.3, -0.25) is 14.7 Å². The number of nitrogens with one attached hydrogen (secondary N) is 3. The van der Waals surface area contributed by atoms with Gasteiger partial charge in [-0.25, -0.2) is 0 Å². The summed E-state index contributed by atoms with van der Waals surface area (Å²) in [7, 11) is 0. The fraction of sp³-hybridized carbons (Fsp3) is 0.889. The van der Waals surface area contributed by atoms with E-state index in [0.717, 1.165) is 51.8 Å². The number of amides is 1. The van der Waals surface area contributed by atoms with Crippen LogP contribution in [0.1, 0.15) is 41.5 Å². The molecule has 1 amide bonds. The molecule has 3 N–H and O–H groups in total. The molecule has 1 saturated heterocycles. The number of piperazine rings is 1. The fourth-order valence-corrected chi connectivity index (χ4v) is 2.71. The van der Waals surface area contributed by atoms with E-state index in [1.165, 1.54) is 0 Å². The van der Waals surface area contributed by atoms with Gasteiger partial charge < -0.3 is 20.9 Å². The Labute approximate surface area is 153 Å². The van der Waals surface area contributed by atoms with Crippen molar-refractivity contribution in [2.24, 2.45) is 4.99 Å². The summed E-state index contributed by atoms with van der Waals surface area (Å²) in [5.41, 5.74) is 0.121. The Kier molecular flexibility index (Phi) is 9.21. The van der Waals surface area contributed by atoms with E-state index >= 15 is 0 Å². The van der Waals surface area contributed by atoms with E-state index < -0.39 is 0 Å². The molecule has 0 radical (unpaired) electrons. The predicted octanol–water partition coefficient (Wildman–Crippen LogP) is 0.482. The Bertz CT molecular complexity index is 422. The molecular weight excluding hydrogens is 316 g/mol.